The summed E-state index contributed by atoms with van der Waals surface area (Å²) < 4.78 is 0. The van der Waals surface area contributed by atoms with Crippen molar-refractivity contribution in [1.29, 1.82) is 0 Å². The van der Waals surface area contributed by atoms with E-state index in [9.17, 15) is 90.0 Å². The van der Waals surface area contributed by atoms with Gasteiger partial charge in [0.1, 0.15) is 67.9 Å². The van der Waals surface area contributed by atoms with Gasteiger partial charge in [-0.1, -0.05) is 36.4 Å². The summed E-state index contributed by atoms with van der Waals surface area (Å²) in [6, 6.07) is 17.5. The van der Waals surface area contributed by atoms with Gasteiger partial charge in [0, 0.05) is 25.2 Å². The molecule has 6 rings (SSSR count). The molecular formula is C46H34O18. The predicted octanol–water partition coefficient (Wildman–Crippen LogP) is 6.06. The first-order valence-electron chi connectivity index (χ1n) is 18.6. The maximum absolute atomic E-state index is 12.6. The van der Waals surface area contributed by atoms with E-state index in [1.807, 2.05) is 0 Å². The number of benzene rings is 6. The molecule has 18 nitrogen and oxygen atoms in total. The first-order valence-corrected chi connectivity index (χ1v) is 18.6. The Bertz CT molecular complexity index is 2900. The summed E-state index contributed by atoms with van der Waals surface area (Å²) in [5.41, 5.74) is -3.18. The Hall–Kier alpha value is -9.06. The van der Waals surface area contributed by atoms with Crippen molar-refractivity contribution in [2.75, 3.05) is 0 Å². The van der Waals surface area contributed by atoms with Crippen LogP contribution >= 0.6 is 0 Å². The van der Waals surface area contributed by atoms with Gasteiger partial charge in [-0.3, -0.25) is 0 Å². The highest BCUT2D eigenvalue weighted by molar-refractivity contribution is 5.95. The Labute approximate surface area is 359 Å². The zero-order valence-electron chi connectivity index (χ0n) is 32.7. The summed E-state index contributed by atoms with van der Waals surface area (Å²) in [6.07, 6.45) is -1.06. The fourth-order valence-electron chi connectivity index (χ4n) is 7.42. The number of aromatic carboxylic acids is 6. The molecule has 0 aliphatic carbocycles. The van der Waals surface area contributed by atoms with Crippen LogP contribution in [0.25, 0.3) is 0 Å². The second kappa shape index (κ2) is 17.5. The molecule has 6 aromatic rings. The minimum absolute atomic E-state index is 0.0169. The number of carboxylic acid groups (broad SMARTS) is 6. The molecular weight excluding hydrogens is 840 g/mol. The van der Waals surface area contributed by atoms with Crippen molar-refractivity contribution < 1.29 is 90.0 Å². The molecule has 0 radical (unpaired) electrons. The van der Waals surface area contributed by atoms with Gasteiger partial charge in [0.05, 0.1) is 0 Å². The lowest BCUT2D eigenvalue weighted by Crippen LogP contribution is -2.10. The molecule has 64 heavy (non-hydrogen) atoms. The molecule has 12 N–H and O–H groups in total. The highest BCUT2D eigenvalue weighted by Gasteiger charge is 2.27. The fraction of sp³-hybridized carbons (Fsp3) is 0.0870. The molecule has 0 fully saturated rings. The Morgan fingerprint density at radius 3 is 1.02 bits per heavy atom. The van der Waals surface area contributed by atoms with Gasteiger partial charge in [0.15, 0.2) is 0 Å². The summed E-state index contributed by atoms with van der Waals surface area (Å²) in [5, 5.41) is 123. The van der Waals surface area contributed by atoms with Crippen LogP contribution in [0.1, 0.15) is 118 Å². The third-order valence-electron chi connectivity index (χ3n) is 10.4. The van der Waals surface area contributed by atoms with Gasteiger partial charge in [0.25, 0.3) is 0 Å². The molecule has 0 aromatic heterocycles. The number of carbonyl (C=O) groups is 6. The molecule has 0 heterocycles. The second-order valence-corrected chi connectivity index (χ2v) is 14.6. The standard InChI is InChI=1S/C46H34O18/c47-34-4-1-19(12-28(34)41(53)54)7-25-8-20(13-31(38(25)50)44(59)60)9-26-10-21(14-32(39(26)51)45(61)62)11-27-15-24(18-33(40(27)52)46(63)64)37(22-2-5-35(48)29(16-22)42(55)56)23-3-6-36(49)30(17-23)43(57)58/h1-6,8,10,12-18,37,47-52H,7,9,11H2,(H,53,54)(H,55,56)(H,57,58)(H,59,60)(H,61,62)(H,63,64). The summed E-state index contributed by atoms with van der Waals surface area (Å²) in [6.45, 7) is 0. The lowest BCUT2D eigenvalue weighted by molar-refractivity contribution is 0.0682. The maximum atomic E-state index is 12.6. The number of phenols is 6. The van der Waals surface area contributed by atoms with Crippen LogP contribution in [0.5, 0.6) is 34.5 Å². The highest BCUT2D eigenvalue weighted by Crippen LogP contribution is 2.40. The van der Waals surface area contributed by atoms with Crippen LogP contribution in [0, 0.1) is 0 Å². The van der Waals surface area contributed by atoms with Gasteiger partial charge in [-0.25, -0.2) is 28.8 Å². The summed E-state index contributed by atoms with van der Waals surface area (Å²) in [4.78, 5) is 73.0. The molecule has 326 valence electrons. The van der Waals surface area contributed by atoms with E-state index in [1.165, 1.54) is 36.4 Å². The predicted molar refractivity (Wildman–Crippen MR) is 220 cm³/mol. The van der Waals surface area contributed by atoms with Gasteiger partial charge in [0.2, 0.25) is 0 Å². The molecule has 6 aromatic carbocycles. The molecule has 0 unspecified atom stereocenters. The second-order valence-electron chi connectivity index (χ2n) is 14.6. The van der Waals surface area contributed by atoms with E-state index in [4.69, 9.17) is 0 Å². The zero-order valence-corrected chi connectivity index (χ0v) is 32.7. The van der Waals surface area contributed by atoms with E-state index >= 15 is 0 Å². The van der Waals surface area contributed by atoms with Crippen molar-refractivity contribution in [2.24, 2.45) is 0 Å². The molecule has 0 saturated carbocycles. The van der Waals surface area contributed by atoms with E-state index in [1.54, 1.807) is 0 Å². The number of hydrogen-bond donors (Lipinski definition) is 12. The quantitative estimate of drug-likeness (QED) is 0.0521. The average molecular weight is 875 g/mol. The van der Waals surface area contributed by atoms with E-state index < -0.39 is 116 Å². The van der Waals surface area contributed by atoms with Crippen molar-refractivity contribution in [3.63, 3.8) is 0 Å². The van der Waals surface area contributed by atoms with Crippen molar-refractivity contribution in [1.82, 2.24) is 0 Å². The summed E-state index contributed by atoms with van der Waals surface area (Å²) in [5.74, 6) is -14.6. The Morgan fingerprint density at radius 1 is 0.328 bits per heavy atom. The van der Waals surface area contributed by atoms with Crippen LogP contribution in [0.3, 0.4) is 0 Å². The summed E-state index contributed by atoms with van der Waals surface area (Å²) >= 11 is 0. The van der Waals surface area contributed by atoms with Crippen molar-refractivity contribution in [2.45, 2.75) is 25.2 Å². The third-order valence-corrected chi connectivity index (χ3v) is 10.4. The monoisotopic (exact) mass is 874 g/mol. The van der Waals surface area contributed by atoms with Crippen LogP contribution in [-0.4, -0.2) is 97.1 Å². The van der Waals surface area contributed by atoms with E-state index in [2.05, 4.69) is 0 Å². The highest BCUT2D eigenvalue weighted by atomic mass is 16.4. The Balaban J connectivity index is 1.49. The van der Waals surface area contributed by atoms with E-state index in [0.29, 0.717) is 0 Å². The lowest BCUT2D eigenvalue weighted by Gasteiger charge is -2.22. The smallest absolute Gasteiger partial charge is 0.339 e. The number of rotatable bonds is 15. The third kappa shape index (κ3) is 9.00. The van der Waals surface area contributed by atoms with E-state index in [0.717, 1.165) is 54.6 Å². The first-order chi connectivity index (χ1) is 30.1. The van der Waals surface area contributed by atoms with Gasteiger partial charge < -0.3 is 61.3 Å². The van der Waals surface area contributed by atoms with Crippen molar-refractivity contribution >= 4 is 35.8 Å². The molecule has 0 aliphatic rings. The topological polar surface area (TPSA) is 345 Å². The largest absolute Gasteiger partial charge is 0.507 e. The maximum Gasteiger partial charge on any atom is 0.339 e. The van der Waals surface area contributed by atoms with Crippen LogP contribution in [-0.2, 0) is 19.3 Å². The Morgan fingerprint density at radius 2 is 0.625 bits per heavy atom. The molecule has 0 spiro atoms. The lowest BCUT2D eigenvalue weighted by atomic mass is 9.81. The van der Waals surface area contributed by atoms with Crippen LogP contribution in [0.2, 0.25) is 0 Å². The van der Waals surface area contributed by atoms with E-state index in [-0.39, 0.29) is 62.9 Å². The fourth-order valence-corrected chi connectivity index (χ4v) is 7.42. The number of aromatic hydroxyl groups is 6. The Kier molecular flexibility index (Phi) is 12.2. The zero-order chi connectivity index (χ0) is 46.9. The van der Waals surface area contributed by atoms with Gasteiger partial charge in [-0.05, 0) is 105 Å². The molecule has 0 amide bonds. The molecule has 18 heteroatoms. The van der Waals surface area contributed by atoms with Crippen LogP contribution in [0.15, 0.2) is 91.0 Å². The minimum Gasteiger partial charge on any atom is -0.507 e. The van der Waals surface area contributed by atoms with Crippen LogP contribution in [0.4, 0.5) is 0 Å². The first kappa shape index (κ1) is 44.5. The minimum atomic E-state index is -1.64. The van der Waals surface area contributed by atoms with Gasteiger partial charge in [-0.2, -0.15) is 0 Å². The molecule has 0 aliphatic heterocycles. The van der Waals surface area contributed by atoms with Gasteiger partial charge in [-0.15, -0.1) is 0 Å². The summed E-state index contributed by atoms with van der Waals surface area (Å²) in [7, 11) is 0. The number of carboxylic acids is 6. The number of hydrogen-bond acceptors (Lipinski definition) is 12. The van der Waals surface area contributed by atoms with Crippen LogP contribution < -0.4 is 0 Å². The SMILES string of the molecule is O=C(O)c1cc(Cc2cc(Cc3cc(Cc4cc(C(c5ccc(O)c(C(=O)O)c5)c5ccc(O)c(C(=O)O)c5)cc(C(=O)O)c4O)cc(C(=O)O)c3O)cc(C(=O)O)c2O)ccc1O. The van der Waals surface area contributed by atoms with Crippen molar-refractivity contribution in [3.05, 3.63) is 174 Å². The average Bonchev–Trinajstić information content (AvgIpc) is 3.22. The van der Waals surface area contributed by atoms with Gasteiger partial charge >= 0.3 is 35.8 Å². The molecule has 0 bridgehead atoms. The van der Waals surface area contributed by atoms with Crippen molar-refractivity contribution in [3.8, 4) is 34.5 Å². The molecule has 0 atom stereocenters. The normalized spacial score (nSPS) is 11.0. The molecule has 0 saturated heterocycles.